The number of carbonyl (C=O) groups is 2. The van der Waals surface area contributed by atoms with Gasteiger partial charge in [-0.15, -0.1) is 0 Å². The molecule has 0 bridgehead atoms. The van der Waals surface area contributed by atoms with Crippen molar-refractivity contribution in [1.29, 1.82) is 0 Å². The zero-order valence-electron chi connectivity index (χ0n) is 25.4. The number of halogens is 2. The van der Waals surface area contributed by atoms with E-state index in [0.29, 0.717) is 34.3 Å². The molecule has 43 heavy (non-hydrogen) atoms. The van der Waals surface area contributed by atoms with Crippen LogP contribution >= 0.6 is 23.2 Å². The van der Waals surface area contributed by atoms with Gasteiger partial charge in [0.2, 0.25) is 11.8 Å². The highest BCUT2D eigenvalue weighted by molar-refractivity contribution is 7.92. The number of amides is 2. The van der Waals surface area contributed by atoms with Gasteiger partial charge in [0.1, 0.15) is 12.6 Å². The van der Waals surface area contributed by atoms with Gasteiger partial charge in [-0.25, -0.2) is 8.42 Å². The summed E-state index contributed by atoms with van der Waals surface area (Å²) in [6.45, 7) is 9.67. The van der Waals surface area contributed by atoms with Crippen molar-refractivity contribution in [3.05, 3.63) is 93.5 Å². The second kappa shape index (κ2) is 15.6. The molecule has 0 spiro atoms. The molecule has 3 rings (SSSR count). The van der Waals surface area contributed by atoms with Gasteiger partial charge in [0.15, 0.2) is 0 Å². The molecule has 0 radical (unpaired) electrons. The van der Waals surface area contributed by atoms with Crippen LogP contribution < -0.4 is 9.62 Å². The number of hydrogen-bond donors (Lipinski definition) is 1. The number of hydrogen-bond acceptors (Lipinski definition) is 4. The normalized spacial score (nSPS) is 12.2. The van der Waals surface area contributed by atoms with E-state index in [9.17, 15) is 18.0 Å². The Bertz CT molecular complexity index is 1470. The summed E-state index contributed by atoms with van der Waals surface area (Å²) in [5.74, 6) is -0.635. The van der Waals surface area contributed by atoms with Crippen LogP contribution in [0, 0.1) is 6.92 Å². The van der Waals surface area contributed by atoms with Crippen LogP contribution in [0.1, 0.15) is 69.6 Å². The molecule has 1 N–H and O–H groups in total. The van der Waals surface area contributed by atoms with Crippen molar-refractivity contribution in [2.24, 2.45) is 0 Å². The number of benzene rings is 3. The van der Waals surface area contributed by atoms with E-state index in [2.05, 4.69) is 5.32 Å². The summed E-state index contributed by atoms with van der Waals surface area (Å²) in [5, 5.41) is 3.61. The van der Waals surface area contributed by atoms with Crippen molar-refractivity contribution in [1.82, 2.24) is 10.2 Å². The molecule has 232 valence electrons. The maximum absolute atomic E-state index is 14.2. The number of carbonyl (C=O) groups excluding carboxylic acids is 2. The minimum Gasteiger partial charge on any atom is -0.354 e. The molecule has 0 saturated heterocycles. The van der Waals surface area contributed by atoms with Crippen molar-refractivity contribution in [3.63, 3.8) is 0 Å². The molecule has 1 unspecified atom stereocenters. The molecular formula is C33H41Cl2N3O4S. The molecule has 0 aliphatic heterocycles. The van der Waals surface area contributed by atoms with E-state index in [4.69, 9.17) is 23.2 Å². The lowest BCUT2D eigenvalue weighted by Gasteiger charge is -2.33. The first-order valence-electron chi connectivity index (χ1n) is 14.6. The Labute approximate surface area is 266 Å². The molecule has 0 heterocycles. The number of nitrogens with zero attached hydrogens (tertiary/aromatic N) is 2. The Balaban J connectivity index is 2.09. The lowest BCUT2D eigenvalue weighted by Crippen LogP contribution is -2.52. The molecule has 0 aliphatic carbocycles. The maximum Gasteiger partial charge on any atom is 0.264 e. The topological polar surface area (TPSA) is 86.8 Å². The van der Waals surface area contributed by atoms with Crippen LogP contribution in [0.25, 0.3) is 0 Å². The lowest BCUT2D eigenvalue weighted by atomic mass is 10.0. The molecule has 2 amide bonds. The highest BCUT2D eigenvalue weighted by Gasteiger charge is 2.34. The smallest absolute Gasteiger partial charge is 0.264 e. The summed E-state index contributed by atoms with van der Waals surface area (Å²) >= 11 is 13.0. The summed E-state index contributed by atoms with van der Waals surface area (Å²) < 4.78 is 29.2. The Morgan fingerprint density at radius 3 is 2.05 bits per heavy atom. The number of nitrogens with one attached hydrogen (secondary N) is 1. The molecule has 0 fully saturated rings. The number of aryl methyl sites for hydroxylation is 1. The third-order valence-electron chi connectivity index (χ3n) is 7.34. The van der Waals surface area contributed by atoms with E-state index in [1.54, 1.807) is 42.5 Å². The molecule has 3 aromatic carbocycles. The van der Waals surface area contributed by atoms with Crippen molar-refractivity contribution in [2.75, 3.05) is 17.4 Å². The van der Waals surface area contributed by atoms with Crippen molar-refractivity contribution in [3.8, 4) is 0 Å². The van der Waals surface area contributed by atoms with E-state index < -0.39 is 28.5 Å². The summed E-state index contributed by atoms with van der Waals surface area (Å²) in [4.78, 5) is 29.1. The van der Waals surface area contributed by atoms with Crippen LogP contribution in [-0.2, 0) is 26.2 Å². The predicted octanol–water partition coefficient (Wildman–Crippen LogP) is 7.34. The molecule has 7 nitrogen and oxygen atoms in total. The molecule has 10 heteroatoms. The molecule has 3 aromatic rings. The fraction of sp³-hybridized carbons (Fsp3) is 0.394. The zero-order chi connectivity index (χ0) is 31.7. The predicted molar refractivity (Wildman–Crippen MR) is 175 cm³/mol. The third-order valence-corrected chi connectivity index (χ3v) is 9.84. The SMILES string of the molecule is CCCCNC(=O)C(CC)N(Cc1c(Cl)cccc1Cl)C(=O)CN(c1ccc(C(C)C)cc1)S(=O)(=O)c1ccc(C)cc1. The maximum atomic E-state index is 14.2. The molecule has 0 aliphatic rings. The standard InChI is InChI=1S/C33H41Cl2N3O4S/c1-6-8-20-36-33(40)31(7-2)37(21-28-29(34)10-9-11-30(28)35)32(39)22-38(26-16-14-25(15-17-26)23(3)4)43(41,42)27-18-12-24(5)13-19-27/h9-19,23,31H,6-8,20-22H2,1-5H3,(H,36,40). The van der Waals surface area contributed by atoms with Gasteiger partial charge >= 0.3 is 0 Å². The number of rotatable bonds is 14. The van der Waals surface area contributed by atoms with Crippen molar-refractivity contribution < 1.29 is 18.0 Å². The Morgan fingerprint density at radius 2 is 1.51 bits per heavy atom. The summed E-state index contributed by atoms with van der Waals surface area (Å²) in [7, 11) is -4.16. The molecule has 1 atom stereocenters. The summed E-state index contributed by atoms with van der Waals surface area (Å²) in [5.41, 5.74) is 2.76. The summed E-state index contributed by atoms with van der Waals surface area (Å²) in [6, 6.07) is 17.8. The number of unbranched alkanes of at least 4 members (excludes halogenated alkanes) is 1. The number of anilines is 1. The molecule has 0 aromatic heterocycles. The zero-order valence-corrected chi connectivity index (χ0v) is 27.8. The van der Waals surface area contributed by atoms with Crippen LogP contribution in [0.4, 0.5) is 5.69 Å². The molecule has 0 saturated carbocycles. The quantitative estimate of drug-likeness (QED) is 0.186. The fourth-order valence-electron chi connectivity index (χ4n) is 4.67. The first-order valence-corrected chi connectivity index (χ1v) is 16.8. The minimum absolute atomic E-state index is 0.0592. The van der Waals surface area contributed by atoms with Gasteiger partial charge in [-0.05, 0) is 67.6 Å². The van der Waals surface area contributed by atoms with Gasteiger partial charge < -0.3 is 10.2 Å². The van der Waals surface area contributed by atoms with Crippen molar-refractivity contribution >= 4 is 50.7 Å². The Hall–Kier alpha value is -3.07. The minimum atomic E-state index is -4.16. The summed E-state index contributed by atoms with van der Waals surface area (Å²) in [6.07, 6.45) is 2.00. The molecular weight excluding hydrogens is 605 g/mol. The second-order valence-corrected chi connectivity index (χ2v) is 13.5. The van der Waals surface area contributed by atoms with Crippen LogP contribution in [0.15, 0.2) is 71.6 Å². The van der Waals surface area contributed by atoms with Gasteiger partial charge in [-0.3, -0.25) is 13.9 Å². The van der Waals surface area contributed by atoms with Gasteiger partial charge in [0, 0.05) is 28.7 Å². The van der Waals surface area contributed by atoms with Gasteiger partial charge in [0.05, 0.1) is 10.6 Å². The van der Waals surface area contributed by atoms with Gasteiger partial charge in [-0.2, -0.15) is 0 Å². The van der Waals surface area contributed by atoms with Gasteiger partial charge in [0.25, 0.3) is 10.0 Å². The first kappa shape index (κ1) is 34.4. The fourth-order valence-corrected chi connectivity index (χ4v) is 6.60. The van der Waals surface area contributed by atoms with Crippen LogP contribution in [0.2, 0.25) is 10.0 Å². The van der Waals surface area contributed by atoms with E-state index >= 15 is 0 Å². The Kier molecular flexibility index (Phi) is 12.5. The third kappa shape index (κ3) is 8.74. The van der Waals surface area contributed by atoms with Crippen LogP contribution in [0.5, 0.6) is 0 Å². The van der Waals surface area contributed by atoms with Crippen LogP contribution in [-0.4, -0.2) is 44.3 Å². The lowest BCUT2D eigenvalue weighted by molar-refractivity contribution is -0.140. The average molecular weight is 647 g/mol. The van der Waals surface area contributed by atoms with Crippen molar-refractivity contribution in [2.45, 2.75) is 77.3 Å². The second-order valence-electron chi connectivity index (χ2n) is 10.9. The van der Waals surface area contributed by atoms with Crippen LogP contribution in [0.3, 0.4) is 0 Å². The van der Waals surface area contributed by atoms with E-state index in [-0.39, 0.29) is 23.3 Å². The highest BCUT2D eigenvalue weighted by atomic mass is 35.5. The first-order chi connectivity index (χ1) is 20.4. The van der Waals surface area contributed by atoms with E-state index in [1.807, 2.05) is 46.8 Å². The Morgan fingerprint density at radius 1 is 0.907 bits per heavy atom. The highest BCUT2D eigenvalue weighted by Crippen LogP contribution is 2.29. The van der Waals surface area contributed by atoms with Gasteiger partial charge in [-0.1, -0.05) is 93.2 Å². The largest absolute Gasteiger partial charge is 0.354 e. The van der Waals surface area contributed by atoms with E-state index in [1.165, 1.54) is 17.0 Å². The van der Waals surface area contributed by atoms with E-state index in [0.717, 1.165) is 28.3 Å². The number of sulfonamides is 1. The average Bonchev–Trinajstić information content (AvgIpc) is 2.97. The monoisotopic (exact) mass is 645 g/mol.